The summed E-state index contributed by atoms with van der Waals surface area (Å²) < 4.78 is 5.36. The second-order valence-corrected chi connectivity index (χ2v) is 3.27. The van der Waals surface area contributed by atoms with Crippen molar-refractivity contribution in [1.29, 1.82) is 0 Å². The molecule has 1 aliphatic rings. The van der Waals surface area contributed by atoms with Gasteiger partial charge in [0.05, 0.1) is 6.10 Å². The molecule has 0 radical (unpaired) electrons. The Kier molecular flexibility index (Phi) is 3.87. The normalized spacial score (nSPS) is 31.1. The molecular formula is C9H19NO. The van der Waals surface area contributed by atoms with Crippen LogP contribution in [-0.4, -0.2) is 25.8 Å². The fraction of sp³-hybridized carbons (Fsp3) is 1.00. The fourth-order valence-corrected chi connectivity index (χ4v) is 1.77. The van der Waals surface area contributed by atoms with E-state index in [1.807, 2.05) is 7.11 Å². The Morgan fingerprint density at radius 2 is 2.27 bits per heavy atom. The van der Waals surface area contributed by atoms with Gasteiger partial charge in [-0.15, -0.1) is 0 Å². The largest absolute Gasteiger partial charge is 0.380 e. The lowest BCUT2D eigenvalue weighted by Gasteiger charge is -2.18. The molecule has 66 valence electrons. The van der Waals surface area contributed by atoms with Crippen LogP contribution in [-0.2, 0) is 4.74 Å². The molecule has 1 aliphatic carbocycles. The molecule has 0 amide bonds. The first-order valence-corrected chi connectivity index (χ1v) is 4.64. The average Bonchev–Trinajstić information content (AvgIpc) is 2.47. The molecule has 11 heavy (non-hydrogen) atoms. The van der Waals surface area contributed by atoms with Crippen molar-refractivity contribution in [2.24, 2.45) is 0 Å². The van der Waals surface area contributed by atoms with Crippen molar-refractivity contribution in [3.63, 3.8) is 0 Å². The number of ether oxygens (including phenoxy) is 1. The van der Waals surface area contributed by atoms with Gasteiger partial charge < -0.3 is 10.1 Å². The Morgan fingerprint density at radius 3 is 2.91 bits per heavy atom. The lowest BCUT2D eigenvalue weighted by Crippen LogP contribution is -2.37. The Balaban J connectivity index is 2.20. The first-order valence-electron chi connectivity index (χ1n) is 4.64. The molecular weight excluding hydrogens is 138 g/mol. The van der Waals surface area contributed by atoms with Crippen molar-refractivity contribution in [3.05, 3.63) is 0 Å². The molecule has 2 heteroatoms. The summed E-state index contributed by atoms with van der Waals surface area (Å²) in [6.07, 6.45) is 5.53. The molecule has 1 N–H and O–H groups in total. The SMILES string of the molecule is CCCN[C@@H]1CCC[C@@H]1OC. The van der Waals surface area contributed by atoms with Gasteiger partial charge in [0.2, 0.25) is 0 Å². The van der Waals surface area contributed by atoms with E-state index in [2.05, 4.69) is 12.2 Å². The van der Waals surface area contributed by atoms with Crippen LogP contribution in [0.4, 0.5) is 0 Å². The van der Waals surface area contributed by atoms with Gasteiger partial charge in [0.15, 0.2) is 0 Å². The highest BCUT2D eigenvalue weighted by Gasteiger charge is 2.25. The van der Waals surface area contributed by atoms with Gasteiger partial charge in [-0.05, 0) is 32.2 Å². The van der Waals surface area contributed by atoms with Crippen molar-refractivity contribution in [2.45, 2.75) is 44.8 Å². The summed E-state index contributed by atoms with van der Waals surface area (Å²) in [5.41, 5.74) is 0. The van der Waals surface area contributed by atoms with E-state index in [1.165, 1.54) is 25.7 Å². The quantitative estimate of drug-likeness (QED) is 0.668. The minimum Gasteiger partial charge on any atom is -0.380 e. The minimum atomic E-state index is 0.474. The second kappa shape index (κ2) is 4.73. The third-order valence-corrected chi connectivity index (χ3v) is 2.41. The number of rotatable bonds is 4. The molecule has 0 aliphatic heterocycles. The zero-order chi connectivity index (χ0) is 8.10. The van der Waals surface area contributed by atoms with Gasteiger partial charge in [-0.1, -0.05) is 6.92 Å². The fourth-order valence-electron chi connectivity index (χ4n) is 1.77. The summed E-state index contributed by atoms with van der Waals surface area (Å²) in [7, 11) is 1.82. The van der Waals surface area contributed by atoms with Crippen LogP contribution in [0.5, 0.6) is 0 Å². The van der Waals surface area contributed by atoms with Crippen LogP contribution >= 0.6 is 0 Å². The maximum Gasteiger partial charge on any atom is 0.0724 e. The van der Waals surface area contributed by atoms with Gasteiger partial charge in [-0.25, -0.2) is 0 Å². The van der Waals surface area contributed by atoms with Crippen LogP contribution in [0.1, 0.15) is 32.6 Å². The van der Waals surface area contributed by atoms with Crippen molar-refractivity contribution in [1.82, 2.24) is 5.32 Å². The zero-order valence-electron chi connectivity index (χ0n) is 7.60. The Hall–Kier alpha value is -0.0800. The minimum absolute atomic E-state index is 0.474. The molecule has 0 aromatic rings. The van der Waals surface area contributed by atoms with Crippen LogP contribution in [0.2, 0.25) is 0 Å². The van der Waals surface area contributed by atoms with Gasteiger partial charge >= 0.3 is 0 Å². The number of hydrogen-bond donors (Lipinski definition) is 1. The van der Waals surface area contributed by atoms with E-state index < -0.39 is 0 Å². The summed E-state index contributed by atoms with van der Waals surface area (Å²) >= 11 is 0. The van der Waals surface area contributed by atoms with Crippen molar-refractivity contribution in [3.8, 4) is 0 Å². The summed E-state index contributed by atoms with van der Waals surface area (Å²) in [4.78, 5) is 0. The molecule has 0 heterocycles. The first kappa shape index (κ1) is 9.01. The van der Waals surface area contributed by atoms with Crippen LogP contribution in [0, 0.1) is 0 Å². The van der Waals surface area contributed by atoms with E-state index >= 15 is 0 Å². The van der Waals surface area contributed by atoms with Crippen LogP contribution in [0.3, 0.4) is 0 Å². The Labute approximate surface area is 69.3 Å². The highest BCUT2D eigenvalue weighted by molar-refractivity contribution is 4.83. The van der Waals surface area contributed by atoms with E-state index in [-0.39, 0.29) is 0 Å². The van der Waals surface area contributed by atoms with E-state index in [9.17, 15) is 0 Å². The van der Waals surface area contributed by atoms with Crippen LogP contribution in [0.15, 0.2) is 0 Å². The zero-order valence-corrected chi connectivity index (χ0v) is 7.60. The third-order valence-electron chi connectivity index (χ3n) is 2.41. The second-order valence-electron chi connectivity index (χ2n) is 3.27. The number of methoxy groups -OCH3 is 1. The highest BCUT2D eigenvalue weighted by atomic mass is 16.5. The van der Waals surface area contributed by atoms with Gasteiger partial charge in [0, 0.05) is 13.2 Å². The van der Waals surface area contributed by atoms with Gasteiger partial charge in [0.1, 0.15) is 0 Å². The maximum atomic E-state index is 5.36. The van der Waals surface area contributed by atoms with Crippen molar-refractivity contribution >= 4 is 0 Å². The monoisotopic (exact) mass is 157 g/mol. The van der Waals surface area contributed by atoms with Gasteiger partial charge in [-0.2, -0.15) is 0 Å². The third kappa shape index (κ3) is 2.46. The first-order chi connectivity index (χ1) is 5.38. The lowest BCUT2D eigenvalue weighted by molar-refractivity contribution is 0.0853. The van der Waals surface area contributed by atoms with E-state index in [0.717, 1.165) is 6.54 Å². The summed E-state index contributed by atoms with van der Waals surface area (Å²) in [5, 5.41) is 3.51. The predicted molar refractivity (Wildman–Crippen MR) is 46.7 cm³/mol. The van der Waals surface area contributed by atoms with Crippen molar-refractivity contribution < 1.29 is 4.74 Å². The molecule has 0 bridgehead atoms. The predicted octanol–water partition coefficient (Wildman–Crippen LogP) is 1.55. The lowest BCUT2D eigenvalue weighted by atomic mass is 10.2. The smallest absolute Gasteiger partial charge is 0.0724 e. The molecule has 0 aromatic carbocycles. The number of nitrogens with one attached hydrogen (secondary N) is 1. The molecule has 0 spiro atoms. The van der Waals surface area contributed by atoms with Crippen LogP contribution in [0.25, 0.3) is 0 Å². The molecule has 2 atom stereocenters. The Morgan fingerprint density at radius 1 is 1.45 bits per heavy atom. The van der Waals surface area contributed by atoms with Crippen LogP contribution < -0.4 is 5.32 Å². The van der Waals surface area contributed by atoms with Crippen molar-refractivity contribution in [2.75, 3.05) is 13.7 Å². The van der Waals surface area contributed by atoms with Gasteiger partial charge in [-0.3, -0.25) is 0 Å². The van der Waals surface area contributed by atoms with E-state index in [4.69, 9.17) is 4.74 Å². The standard InChI is InChI=1S/C9H19NO/c1-3-7-10-8-5-4-6-9(8)11-2/h8-10H,3-7H2,1-2H3/t8-,9+/m1/s1. The van der Waals surface area contributed by atoms with E-state index in [1.54, 1.807) is 0 Å². The molecule has 2 nitrogen and oxygen atoms in total. The summed E-state index contributed by atoms with van der Waals surface area (Å²) in [6, 6.07) is 0.625. The topological polar surface area (TPSA) is 21.3 Å². The molecule has 0 aromatic heterocycles. The molecule has 1 saturated carbocycles. The maximum absolute atomic E-state index is 5.36. The summed E-state index contributed by atoms with van der Waals surface area (Å²) in [5.74, 6) is 0. The van der Waals surface area contributed by atoms with Gasteiger partial charge in [0.25, 0.3) is 0 Å². The summed E-state index contributed by atoms with van der Waals surface area (Å²) in [6.45, 7) is 3.33. The van der Waals surface area contributed by atoms with E-state index in [0.29, 0.717) is 12.1 Å². The average molecular weight is 157 g/mol. The molecule has 0 unspecified atom stereocenters. The highest BCUT2D eigenvalue weighted by Crippen LogP contribution is 2.21. The molecule has 1 fully saturated rings. The Bertz CT molecular complexity index is 106. The molecule has 1 rings (SSSR count). The molecule has 0 saturated heterocycles. The number of hydrogen-bond acceptors (Lipinski definition) is 2.